The van der Waals surface area contributed by atoms with Crippen molar-refractivity contribution in [3.63, 3.8) is 0 Å². The minimum absolute atomic E-state index is 0.555. The van der Waals surface area contributed by atoms with Gasteiger partial charge in [0.15, 0.2) is 5.65 Å². The largest absolute Gasteiger partial charge is 0.396 e. The van der Waals surface area contributed by atoms with E-state index in [1.54, 1.807) is 29.0 Å². The molecule has 0 saturated carbocycles. The van der Waals surface area contributed by atoms with Gasteiger partial charge in [-0.3, -0.25) is 0 Å². The third kappa shape index (κ3) is 1.89. The molecule has 0 aliphatic rings. The maximum absolute atomic E-state index is 6.14. The molecule has 0 aliphatic carbocycles. The monoisotopic (exact) mass is 278 g/mol. The van der Waals surface area contributed by atoms with Crippen molar-refractivity contribution in [1.29, 1.82) is 0 Å². The number of hydrogen-bond acceptors (Lipinski definition) is 3. The van der Waals surface area contributed by atoms with Crippen molar-refractivity contribution in [3.8, 4) is 11.3 Å². The summed E-state index contributed by atoms with van der Waals surface area (Å²) in [5.41, 5.74) is 8.46. The molecular formula is C12H8Cl2N4. The molecule has 6 heteroatoms. The summed E-state index contributed by atoms with van der Waals surface area (Å²) in [5.74, 6) is 0. The van der Waals surface area contributed by atoms with E-state index in [0.29, 0.717) is 21.4 Å². The fourth-order valence-electron chi connectivity index (χ4n) is 1.72. The molecule has 2 N–H and O–H groups in total. The number of fused-ring (bicyclic) bond motifs is 1. The van der Waals surface area contributed by atoms with Crippen LogP contribution in [0.5, 0.6) is 0 Å². The molecule has 0 amide bonds. The van der Waals surface area contributed by atoms with Crippen LogP contribution in [-0.2, 0) is 0 Å². The van der Waals surface area contributed by atoms with E-state index in [1.165, 1.54) is 0 Å². The molecule has 4 nitrogen and oxygen atoms in total. The summed E-state index contributed by atoms with van der Waals surface area (Å²) in [4.78, 5) is 4.18. The Morgan fingerprint density at radius 3 is 2.78 bits per heavy atom. The normalized spacial score (nSPS) is 11.0. The van der Waals surface area contributed by atoms with Gasteiger partial charge in [-0.1, -0.05) is 23.2 Å². The number of benzene rings is 1. The molecule has 1 aromatic carbocycles. The first kappa shape index (κ1) is 11.3. The maximum Gasteiger partial charge on any atom is 0.155 e. The van der Waals surface area contributed by atoms with Gasteiger partial charge in [0.25, 0.3) is 0 Å². The van der Waals surface area contributed by atoms with Gasteiger partial charge >= 0.3 is 0 Å². The predicted octanol–water partition coefficient (Wildman–Crippen LogP) is 3.29. The van der Waals surface area contributed by atoms with Crippen LogP contribution < -0.4 is 5.73 Å². The van der Waals surface area contributed by atoms with Crippen molar-refractivity contribution < 1.29 is 0 Å². The van der Waals surface area contributed by atoms with Crippen molar-refractivity contribution >= 4 is 34.5 Å². The molecule has 18 heavy (non-hydrogen) atoms. The van der Waals surface area contributed by atoms with E-state index in [9.17, 15) is 0 Å². The van der Waals surface area contributed by atoms with Crippen molar-refractivity contribution in [2.75, 3.05) is 5.73 Å². The van der Waals surface area contributed by atoms with Crippen LogP contribution in [0.3, 0.4) is 0 Å². The van der Waals surface area contributed by atoms with Gasteiger partial charge < -0.3 is 5.73 Å². The lowest BCUT2D eigenvalue weighted by Gasteiger charge is -2.00. The topological polar surface area (TPSA) is 56.2 Å². The Bertz CT molecular complexity index is 736. The zero-order chi connectivity index (χ0) is 12.7. The zero-order valence-corrected chi connectivity index (χ0v) is 10.7. The third-order valence-corrected chi connectivity index (χ3v) is 3.09. The Balaban J connectivity index is 2.19. The average Bonchev–Trinajstić information content (AvgIpc) is 2.71. The number of hydrogen-bond donors (Lipinski definition) is 1. The molecule has 0 aliphatic heterocycles. The van der Waals surface area contributed by atoms with Gasteiger partial charge in [0.1, 0.15) is 0 Å². The fourth-order valence-corrected chi connectivity index (χ4v) is 2.23. The molecule has 0 fully saturated rings. The summed E-state index contributed by atoms with van der Waals surface area (Å²) in [6.45, 7) is 0. The highest BCUT2D eigenvalue weighted by Crippen LogP contribution is 2.29. The van der Waals surface area contributed by atoms with Crippen LogP contribution in [-0.4, -0.2) is 14.6 Å². The molecule has 3 aromatic rings. The number of nitrogen functional groups attached to an aromatic ring is 1. The highest BCUT2D eigenvalue weighted by atomic mass is 35.5. The van der Waals surface area contributed by atoms with E-state index >= 15 is 0 Å². The number of aromatic nitrogens is 3. The number of halogens is 2. The minimum atomic E-state index is 0.555. The summed E-state index contributed by atoms with van der Waals surface area (Å²) in [7, 11) is 0. The Hall–Kier alpha value is -1.78. The van der Waals surface area contributed by atoms with Gasteiger partial charge in [0, 0.05) is 16.7 Å². The van der Waals surface area contributed by atoms with E-state index in [2.05, 4.69) is 10.1 Å². The number of rotatable bonds is 1. The molecule has 0 atom stereocenters. The smallest absolute Gasteiger partial charge is 0.155 e. The van der Waals surface area contributed by atoms with Crippen LogP contribution in [0.25, 0.3) is 16.9 Å². The van der Waals surface area contributed by atoms with E-state index in [1.807, 2.05) is 12.1 Å². The van der Waals surface area contributed by atoms with Crippen LogP contribution in [0.4, 0.5) is 5.69 Å². The molecule has 0 saturated heterocycles. The van der Waals surface area contributed by atoms with Gasteiger partial charge in [-0.2, -0.15) is 5.10 Å². The molecule has 3 rings (SSSR count). The fraction of sp³-hybridized carbons (Fsp3) is 0. The Labute approximate surface area is 113 Å². The Morgan fingerprint density at radius 1 is 1.17 bits per heavy atom. The second-order valence-electron chi connectivity index (χ2n) is 3.84. The van der Waals surface area contributed by atoms with E-state index < -0.39 is 0 Å². The van der Waals surface area contributed by atoms with Crippen LogP contribution in [0.15, 0.2) is 36.7 Å². The SMILES string of the molecule is Nc1cnc2cc(-c3ccc(Cl)cc3Cl)nn2c1. The molecular weight excluding hydrogens is 271 g/mol. The van der Waals surface area contributed by atoms with Crippen molar-refractivity contribution in [2.24, 2.45) is 0 Å². The third-order valence-electron chi connectivity index (χ3n) is 2.54. The lowest BCUT2D eigenvalue weighted by atomic mass is 10.1. The van der Waals surface area contributed by atoms with Gasteiger partial charge in [0.05, 0.1) is 28.8 Å². The molecule has 0 spiro atoms. The summed E-state index contributed by atoms with van der Waals surface area (Å²) in [5, 5.41) is 5.53. The van der Waals surface area contributed by atoms with E-state index in [0.717, 1.165) is 11.3 Å². The second kappa shape index (κ2) is 4.15. The van der Waals surface area contributed by atoms with Crippen molar-refractivity contribution in [1.82, 2.24) is 14.6 Å². The summed E-state index contributed by atoms with van der Waals surface area (Å²) in [6, 6.07) is 7.13. The second-order valence-corrected chi connectivity index (χ2v) is 4.69. The highest BCUT2D eigenvalue weighted by Gasteiger charge is 2.09. The Kier molecular flexibility index (Phi) is 2.61. The Morgan fingerprint density at radius 2 is 2.00 bits per heavy atom. The van der Waals surface area contributed by atoms with Gasteiger partial charge in [0.2, 0.25) is 0 Å². The summed E-state index contributed by atoms with van der Waals surface area (Å²) in [6.07, 6.45) is 3.29. The lowest BCUT2D eigenvalue weighted by molar-refractivity contribution is 0.946. The first-order chi connectivity index (χ1) is 8.63. The quantitative estimate of drug-likeness (QED) is 0.743. The first-order valence-corrected chi connectivity index (χ1v) is 5.95. The molecule has 0 radical (unpaired) electrons. The molecule has 0 bridgehead atoms. The number of anilines is 1. The molecule has 2 aromatic heterocycles. The summed E-state index contributed by atoms with van der Waals surface area (Å²) >= 11 is 12.0. The van der Waals surface area contributed by atoms with Crippen molar-refractivity contribution in [3.05, 3.63) is 46.7 Å². The van der Waals surface area contributed by atoms with E-state index in [4.69, 9.17) is 28.9 Å². The average molecular weight is 279 g/mol. The lowest BCUT2D eigenvalue weighted by Crippen LogP contribution is -1.93. The van der Waals surface area contributed by atoms with E-state index in [-0.39, 0.29) is 0 Å². The first-order valence-electron chi connectivity index (χ1n) is 5.20. The van der Waals surface area contributed by atoms with Gasteiger partial charge in [-0.25, -0.2) is 9.50 Å². The highest BCUT2D eigenvalue weighted by molar-refractivity contribution is 6.36. The molecule has 0 unspecified atom stereocenters. The molecule has 90 valence electrons. The van der Waals surface area contributed by atoms with Gasteiger partial charge in [-0.15, -0.1) is 0 Å². The number of nitrogens with two attached hydrogens (primary N) is 1. The zero-order valence-electron chi connectivity index (χ0n) is 9.14. The van der Waals surface area contributed by atoms with Crippen LogP contribution in [0, 0.1) is 0 Å². The van der Waals surface area contributed by atoms with Crippen molar-refractivity contribution in [2.45, 2.75) is 0 Å². The van der Waals surface area contributed by atoms with Crippen LogP contribution in [0.1, 0.15) is 0 Å². The van der Waals surface area contributed by atoms with Crippen LogP contribution in [0.2, 0.25) is 10.0 Å². The van der Waals surface area contributed by atoms with Crippen LogP contribution >= 0.6 is 23.2 Å². The van der Waals surface area contributed by atoms with Gasteiger partial charge in [-0.05, 0) is 18.2 Å². The minimum Gasteiger partial charge on any atom is -0.396 e. The molecule has 2 heterocycles. The maximum atomic E-state index is 6.14. The summed E-state index contributed by atoms with van der Waals surface area (Å²) < 4.78 is 1.62. The number of nitrogens with zero attached hydrogens (tertiary/aromatic N) is 3. The standard InChI is InChI=1S/C12H8Cl2N4/c13-7-1-2-9(10(14)3-7)11-4-12-16-5-8(15)6-18(12)17-11/h1-6H,15H2. The predicted molar refractivity (Wildman–Crippen MR) is 72.9 cm³/mol.